The number of likely N-dealkylation sites (tertiary alicyclic amines) is 1. The number of carbonyl (C=O) groups is 1. The molecule has 3 heterocycles. The summed E-state index contributed by atoms with van der Waals surface area (Å²) in [4.78, 5) is 21.0. The van der Waals surface area contributed by atoms with Gasteiger partial charge in [0.2, 0.25) is 5.91 Å². The van der Waals surface area contributed by atoms with Crippen LogP contribution in [-0.2, 0) is 11.3 Å². The van der Waals surface area contributed by atoms with Crippen molar-refractivity contribution in [1.29, 1.82) is 0 Å². The first-order valence-corrected chi connectivity index (χ1v) is 11.1. The molecular formula is C22H30N4O2S. The zero-order chi connectivity index (χ0) is 20.5. The lowest BCUT2D eigenvalue weighted by molar-refractivity contribution is -0.129. The van der Waals surface area contributed by atoms with Gasteiger partial charge in [0.1, 0.15) is 16.3 Å². The molecular weight excluding hydrogens is 384 g/mol. The molecule has 2 aliphatic rings. The third kappa shape index (κ3) is 4.32. The number of amides is 1. The summed E-state index contributed by atoms with van der Waals surface area (Å²) in [7, 11) is 1.69. The predicted octanol–water partition coefficient (Wildman–Crippen LogP) is 2.90. The number of thiazole rings is 1. The average molecular weight is 415 g/mol. The maximum atomic E-state index is 12.8. The summed E-state index contributed by atoms with van der Waals surface area (Å²) in [6.07, 6.45) is 3.65. The third-order valence-electron chi connectivity index (χ3n) is 6.05. The Morgan fingerprint density at radius 3 is 2.72 bits per heavy atom. The zero-order valence-electron chi connectivity index (χ0n) is 17.5. The highest BCUT2D eigenvalue weighted by Crippen LogP contribution is 2.34. The summed E-state index contributed by atoms with van der Waals surface area (Å²) in [6.45, 7) is 8.66. The number of nitrogens with one attached hydrogen (secondary N) is 2. The fourth-order valence-electron chi connectivity index (χ4n) is 4.08. The van der Waals surface area contributed by atoms with Gasteiger partial charge in [-0.2, -0.15) is 0 Å². The molecule has 2 N–H and O–H groups in total. The first kappa shape index (κ1) is 20.3. The van der Waals surface area contributed by atoms with Gasteiger partial charge in [-0.3, -0.25) is 9.69 Å². The second-order valence-electron chi connectivity index (χ2n) is 8.89. The lowest BCUT2D eigenvalue weighted by atomic mass is 9.86. The first-order valence-electron chi connectivity index (χ1n) is 10.2. The molecule has 0 radical (unpaired) electrons. The molecule has 0 unspecified atom stereocenters. The largest absolute Gasteiger partial charge is 0.496 e. The van der Waals surface area contributed by atoms with E-state index in [2.05, 4.69) is 34.4 Å². The molecule has 0 bridgehead atoms. The molecule has 6 nitrogen and oxygen atoms in total. The first-order chi connectivity index (χ1) is 13.9. The minimum atomic E-state index is -0.416. The molecule has 29 heavy (non-hydrogen) atoms. The number of rotatable bonds is 4. The highest BCUT2D eigenvalue weighted by atomic mass is 32.1. The Hall–Kier alpha value is -1.96. The van der Waals surface area contributed by atoms with Crippen molar-refractivity contribution < 1.29 is 9.53 Å². The van der Waals surface area contributed by atoms with Crippen LogP contribution in [0.3, 0.4) is 0 Å². The van der Waals surface area contributed by atoms with Gasteiger partial charge in [-0.25, -0.2) is 4.98 Å². The molecule has 4 rings (SSSR count). The molecule has 7 heteroatoms. The molecule has 0 atom stereocenters. The van der Waals surface area contributed by atoms with Crippen LogP contribution in [0.15, 0.2) is 30.5 Å². The monoisotopic (exact) mass is 414 g/mol. The van der Waals surface area contributed by atoms with Crippen LogP contribution in [0.25, 0.3) is 10.6 Å². The van der Waals surface area contributed by atoms with Crippen LogP contribution in [-0.4, -0.2) is 54.6 Å². The van der Waals surface area contributed by atoms with Gasteiger partial charge in [0, 0.05) is 43.8 Å². The quantitative estimate of drug-likeness (QED) is 0.805. The highest BCUT2D eigenvalue weighted by Gasteiger charge is 2.44. The lowest BCUT2D eigenvalue weighted by Gasteiger charge is -2.40. The van der Waals surface area contributed by atoms with E-state index in [-0.39, 0.29) is 11.3 Å². The maximum Gasteiger partial charge on any atom is 0.240 e. The van der Waals surface area contributed by atoms with Crippen LogP contribution in [0.4, 0.5) is 0 Å². The van der Waals surface area contributed by atoms with Crippen molar-refractivity contribution >= 4 is 17.2 Å². The average Bonchev–Trinajstić information content (AvgIpc) is 3.16. The highest BCUT2D eigenvalue weighted by molar-refractivity contribution is 7.15. The van der Waals surface area contributed by atoms with Crippen molar-refractivity contribution in [3.8, 4) is 16.3 Å². The fourth-order valence-corrected chi connectivity index (χ4v) is 5.07. The topological polar surface area (TPSA) is 66.5 Å². The van der Waals surface area contributed by atoms with E-state index in [1.807, 2.05) is 30.5 Å². The second-order valence-corrected chi connectivity index (χ2v) is 10.0. The van der Waals surface area contributed by atoms with Gasteiger partial charge in [-0.15, -0.1) is 11.3 Å². The van der Waals surface area contributed by atoms with Crippen molar-refractivity contribution in [3.05, 3.63) is 35.3 Å². The number of nitrogens with zero attached hydrogens (tertiary/aromatic N) is 2. The lowest BCUT2D eigenvalue weighted by Crippen LogP contribution is -2.60. The Labute approximate surface area is 176 Å². The summed E-state index contributed by atoms with van der Waals surface area (Å²) in [6, 6.07) is 7.99. The smallest absolute Gasteiger partial charge is 0.240 e. The predicted molar refractivity (Wildman–Crippen MR) is 116 cm³/mol. The van der Waals surface area contributed by atoms with E-state index in [9.17, 15) is 4.79 Å². The summed E-state index contributed by atoms with van der Waals surface area (Å²) < 4.78 is 5.47. The van der Waals surface area contributed by atoms with Crippen LogP contribution in [0.2, 0.25) is 0 Å². The Morgan fingerprint density at radius 2 is 1.97 bits per heavy atom. The van der Waals surface area contributed by atoms with E-state index in [4.69, 9.17) is 4.74 Å². The van der Waals surface area contributed by atoms with Crippen molar-refractivity contribution in [2.45, 2.75) is 38.8 Å². The van der Waals surface area contributed by atoms with Gasteiger partial charge in [-0.05, 0) is 30.4 Å². The SMILES string of the molecule is COc1ccccc1-c1ncc(CN2CCC3(CC2)NCC(C)(C)CNC3=O)s1. The maximum absolute atomic E-state index is 12.8. The van der Waals surface area contributed by atoms with E-state index >= 15 is 0 Å². The van der Waals surface area contributed by atoms with E-state index in [0.29, 0.717) is 0 Å². The van der Waals surface area contributed by atoms with Crippen LogP contribution in [0.5, 0.6) is 5.75 Å². The third-order valence-corrected chi connectivity index (χ3v) is 7.06. The van der Waals surface area contributed by atoms with Gasteiger partial charge in [0.05, 0.1) is 12.7 Å². The standard InChI is InChI=1S/C22H30N4O2S/c1-21(2)14-24-20(27)22(25-15-21)8-10-26(11-9-22)13-16-12-23-19(29-16)17-6-4-5-7-18(17)28-3/h4-7,12,25H,8-11,13-15H2,1-3H3,(H,24,27). The fraction of sp³-hybridized carbons (Fsp3) is 0.545. The normalized spacial score (nSPS) is 21.6. The van der Waals surface area contributed by atoms with Gasteiger partial charge in [-0.1, -0.05) is 26.0 Å². The Bertz CT molecular complexity index is 871. The Morgan fingerprint density at radius 1 is 1.21 bits per heavy atom. The molecule has 2 saturated heterocycles. The summed E-state index contributed by atoms with van der Waals surface area (Å²) in [5, 5.41) is 7.73. The van der Waals surface area contributed by atoms with Gasteiger partial charge < -0.3 is 15.4 Å². The van der Waals surface area contributed by atoms with Crippen LogP contribution >= 0.6 is 11.3 Å². The molecule has 1 spiro atoms. The number of carbonyl (C=O) groups excluding carboxylic acids is 1. The Balaban J connectivity index is 1.39. The van der Waals surface area contributed by atoms with Crippen molar-refractivity contribution in [2.24, 2.45) is 5.41 Å². The number of methoxy groups -OCH3 is 1. The van der Waals surface area contributed by atoms with E-state index < -0.39 is 5.54 Å². The van der Waals surface area contributed by atoms with E-state index in [1.165, 1.54) is 4.88 Å². The van der Waals surface area contributed by atoms with Crippen LogP contribution in [0.1, 0.15) is 31.6 Å². The number of piperidine rings is 1. The van der Waals surface area contributed by atoms with Crippen LogP contribution in [0, 0.1) is 5.41 Å². The van der Waals surface area contributed by atoms with Gasteiger partial charge >= 0.3 is 0 Å². The molecule has 1 aromatic heterocycles. The minimum absolute atomic E-state index is 0.0911. The van der Waals surface area contributed by atoms with E-state index in [1.54, 1.807) is 18.4 Å². The number of para-hydroxylation sites is 1. The number of hydrogen-bond acceptors (Lipinski definition) is 6. The number of benzene rings is 1. The van der Waals surface area contributed by atoms with Gasteiger partial charge in [0.15, 0.2) is 0 Å². The summed E-state index contributed by atoms with van der Waals surface area (Å²) >= 11 is 1.71. The number of hydrogen-bond donors (Lipinski definition) is 2. The molecule has 0 aliphatic carbocycles. The number of ether oxygens (including phenoxy) is 1. The zero-order valence-corrected chi connectivity index (χ0v) is 18.3. The minimum Gasteiger partial charge on any atom is -0.496 e. The van der Waals surface area contributed by atoms with Crippen LogP contribution < -0.4 is 15.4 Å². The second kappa shape index (κ2) is 8.05. The molecule has 1 amide bonds. The van der Waals surface area contributed by atoms with Gasteiger partial charge in [0.25, 0.3) is 0 Å². The summed E-state index contributed by atoms with van der Waals surface area (Å²) in [5.74, 6) is 1.01. The molecule has 2 aromatic rings. The van der Waals surface area contributed by atoms with E-state index in [0.717, 1.165) is 61.9 Å². The number of aromatic nitrogens is 1. The van der Waals surface area contributed by atoms with Crippen molar-refractivity contribution in [1.82, 2.24) is 20.5 Å². The van der Waals surface area contributed by atoms with Crippen molar-refractivity contribution in [2.75, 3.05) is 33.3 Å². The molecule has 2 aliphatic heterocycles. The molecule has 156 valence electrons. The van der Waals surface area contributed by atoms with Crippen molar-refractivity contribution in [3.63, 3.8) is 0 Å². The Kier molecular flexibility index (Phi) is 5.64. The molecule has 1 aromatic carbocycles. The molecule has 2 fully saturated rings. The summed E-state index contributed by atoms with van der Waals surface area (Å²) in [5.41, 5.74) is 0.708. The molecule has 0 saturated carbocycles.